The van der Waals surface area contributed by atoms with E-state index in [1.165, 1.54) is 0 Å². The van der Waals surface area contributed by atoms with Crippen molar-refractivity contribution in [2.45, 2.75) is 59.3 Å². The van der Waals surface area contributed by atoms with Gasteiger partial charge in [0.25, 0.3) is 0 Å². The molecule has 1 aromatic rings. The Balaban J connectivity index is 2.43. The molecule has 0 bridgehead atoms. The van der Waals surface area contributed by atoms with Gasteiger partial charge in [0, 0.05) is 12.6 Å². The number of benzene rings is 1. The van der Waals surface area contributed by atoms with Gasteiger partial charge in [-0.05, 0) is 38.7 Å². The zero-order valence-electron chi connectivity index (χ0n) is 15.8. The first kappa shape index (κ1) is 20.8. The average molecular weight is 350 g/mol. The highest BCUT2D eigenvalue weighted by atomic mass is 16.6. The van der Waals surface area contributed by atoms with Gasteiger partial charge in [-0.15, -0.1) is 0 Å². The summed E-state index contributed by atoms with van der Waals surface area (Å²) in [5.41, 5.74) is 0.359. The van der Waals surface area contributed by atoms with E-state index in [0.29, 0.717) is 5.92 Å². The minimum atomic E-state index is -0.561. The van der Waals surface area contributed by atoms with Crippen LogP contribution in [0.5, 0.6) is 0 Å². The van der Waals surface area contributed by atoms with Crippen LogP contribution < -0.4 is 10.6 Å². The first-order valence-corrected chi connectivity index (χ1v) is 8.60. The number of hydrogen-bond acceptors (Lipinski definition) is 4. The van der Waals surface area contributed by atoms with E-state index in [-0.39, 0.29) is 19.2 Å². The largest absolute Gasteiger partial charge is 0.445 e. The third-order valence-electron chi connectivity index (χ3n) is 3.18. The molecule has 0 radical (unpaired) electrons. The fourth-order valence-electron chi connectivity index (χ4n) is 2.22. The fraction of sp³-hybridized carbons (Fsp3) is 0.579. The van der Waals surface area contributed by atoms with E-state index in [0.717, 1.165) is 12.0 Å². The molecule has 140 valence electrons. The van der Waals surface area contributed by atoms with Crippen molar-refractivity contribution < 1.29 is 19.1 Å². The van der Waals surface area contributed by atoms with E-state index in [1.54, 1.807) is 0 Å². The van der Waals surface area contributed by atoms with Crippen LogP contribution in [0.25, 0.3) is 0 Å². The maximum atomic E-state index is 11.9. The highest BCUT2D eigenvalue weighted by molar-refractivity contribution is 5.69. The maximum Gasteiger partial charge on any atom is 0.407 e. The quantitative estimate of drug-likeness (QED) is 0.783. The van der Waals surface area contributed by atoms with Gasteiger partial charge in [-0.3, -0.25) is 0 Å². The van der Waals surface area contributed by atoms with Crippen LogP contribution in [0.1, 0.15) is 46.6 Å². The summed E-state index contributed by atoms with van der Waals surface area (Å²) in [6, 6.07) is 9.24. The second-order valence-electron chi connectivity index (χ2n) is 7.42. The van der Waals surface area contributed by atoms with E-state index in [2.05, 4.69) is 24.5 Å². The van der Waals surface area contributed by atoms with Gasteiger partial charge in [0.2, 0.25) is 0 Å². The lowest BCUT2D eigenvalue weighted by atomic mass is 10.0. The second kappa shape index (κ2) is 9.91. The van der Waals surface area contributed by atoms with Crippen LogP contribution in [0, 0.1) is 5.92 Å². The summed E-state index contributed by atoms with van der Waals surface area (Å²) in [7, 11) is 0. The van der Waals surface area contributed by atoms with Gasteiger partial charge in [-0.1, -0.05) is 44.2 Å². The monoisotopic (exact) mass is 350 g/mol. The molecule has 1 aromatic carbocycles. The molecular formula is C19H30N2O4. The van der Waals surface area contributed by atoms with E-state index >= 15 is 0 Å². The number of ether oxygens (including phenoxy) is 2. The Labute approximate surface area is 150 Å². The van der Waals surface area contributed by atoms with E-state index in [4.69, 9.17) is 9.47 Å². The molecule has 0 fully saturated rings. The van der Waals surface area contributed by atoms with Gasteiger partial charge in [0.1, 0.15) is 12.2 Å². The van der Waals surface area contributed by atoms with Crippen LogP contribution >= 0.6 is 0 Å². The normalized spacial score (nSPS) is 12.4. The number of amides is 2. The molecule has 25 heavy (non-hydrogen) atoms. The van der Waals surface area contributed by atoms with E-state index in [1.807, 2.05) is 51.1 Å². The van der Waals surface area contributed by atoms with Crippen LogP contribution in [0.4, 0.5) is 9.59 Å². The van der Waals surface area contributed by atoms with Crippen LogP contribution in [0.2, 0.25) is 0 Å². The number of alkyl carbamates (subject to hydrolysis) is 2. The second-order valence-corrected chi connectivity index (χ2v) is 7.42. The molecule has 0 aromatic heterocycles. The summed E-state index contributed by atoms with van der Waals surface area (Å²) < 4.78 is 10.4. The predicted molar refractivity (Wildman–Crippen MR) is 97.2 cm³/mol. The van der Waals surface area contributed by atoms with Crippen LogP contribution in [-0.4, -0.2) is 30.4 Å². The molecule has 6 heteroatoms. The summed E-state index contributed by atoms with van der Waals surface area (Å²) in [4.78, 5) is 23.8. The minimum Gasteiger partial charge on any atom is -0.445 e. The number of nitrogens with one attached hydrogen (secondary N) is 2. The molecule has 1 rings (SSSR count). The Morgan fingerprint density at radius 3 is 2.28 bits per heavy atom. The Hall–Kier alpha value is -2.24. The highest BCUT2D eigenvalue weighted by Gasteiger charge is 2.20. The van der Waals surface area contributed by atoms with Crippen LogP contribution in [0.15, 0.2) is 30.3 Å². The topological polar surface area (TPSA) is 76.7 Å². The van der Waals surface area contributed by atoms with Crippen molar-refractivity contribution >= 4 is 12.2 Å². The lowest BCUT2D eigenvalue weighted by molar-refractivity contribution is 0.0496. The van der Waals surface area contributed by atoms with Gasteiger partial charge in [-0.25, -0.2) is 9.59 Å². The first-order valence-electron chi connectivity index (χ1n) is 8.60. The molecular weight excluding hydrogens is 320 g/mol. The molecule has 1 atom stereocenters. The molecule has 0 heterocycles. The van der Waals surface area contributed by atoms with Crippen molar-refractivity contribution in [1.29, 1.82) is 0 Å². The van der Waals surface area contributed by atoms with Crippen LogP contribution in [-0.2, 0) is 16.1 Å². The average Bonchev–Trinajstić information content (AvgIpc) is 2.49. The van der Waals surface area contributed by atoms with Crippen LogP contribution in [0.3, 0.4) is 0 Å². The molecule has 0 aliphatic carbocycles. The Morgan fingerprint density at radius 1 is 1.08 bits per heavy atom. The SMILES string of the molecule is CC(C)C[C@@H](CNC(=O)OCc1ccccc1)NC(=O)OC(C)(C)C. The third kappa shape index (κ3) is 10.3. The standard InChI is InChI=1S/C19H30N2O4/c1-14(2)11-16(21-18(23)25-19(3,4)5)12-20-17(22)24-13-15-9-7-6-8-10-15/h6-10,14,16H,11-13H2,1-5H3,(H,20,22)(H,21,23)/t16-/m0/s1. The summed E-state index contributed by atoms with van der Waals surface area (Å²) in [5.74, 6) is 0.363. The van der Waals surface area contributed by atoms with Gasteiger partial charge in [-0.2, -0.15) is 0 Å². The molecule has 0 unspecified atom stereocenters. The van der Waals surface area contributed by atoms with E-state index < -0.39 is 17.8 Å². The minimum absolute atomic E-state index is 0.209. The molecule has 0 saturated carbocycles. The number of carbonyl (C=O) groups is 2. The van der Waals surface area contributed by atoms with Gasteiger partial charge in [0.15, 0.2) is 0 Å². The Bertz CT molecular complexity index is 538. The lowest BCUT2D eigenvalue weighted by Crippen LogP contribution is -2.46. The summed E-state index contributed by atoms with van der Waals surface area (Å²) in [6.45, 7) is 10.0. The molecule has 0 aliphatic rings. The van der Waals surface area contributed by atoms with Crippen molar-refractivity contribution in [2.75, 3.05) is 6.54 Å². The summed E-state index contributed by atoms with van der Waals surface area (Å²) in [6.07, 6.45) is -0.278. The van der Waals surface area contributed by atoms with E-state index in [9.17, 15) is 9.59 Å². The molecule has 0 saturated heterocycles. The number of rotatable bonds is 7. The zero-order chi connectivity index (χ0) is 18.9. The molecule has 2 amide bonds. The summed E-state index contributed by atoms with van der Waals surface area (Å²) >= 11 is 0. The van der Waals surface area contributed by atoms with Crippen molar-refractivity contribution in [1.82, 2.24) is 10.6 Å². The van der Waals surface area contributed by atoms with Gasteiger partial charge >= 0.3 is 12.2 Å². The zero-order valence-corrected chi connectivity index (χ0v) is 15.8. The predicted octanol–water partition coefficient (Wildman–Crippen LogP) is 3.85. The molecule has 0 aliphatic heterocycles. The third-order valence-corrected chi connectivity index (χ3v) is 3.18. The number of carbonyl (C=O) groups excluding carboxylic acids is 2. The summed E-state index contributed by atoms with van der Waals surface area (Å²) in [5, 5.41) is 5.50. The Morgan fingerprint density at radius 2 is 1.72 bits per heavy atom. The van der Waals surface area contributed by atoms with Crippen molar-refractivity contribution in [3.63, 3.8) is 0 Å². The molecule has 2 N–H and O–H groups in total. The fourth-order valence-corrected chi connectivity index (χ4v) is 2.22. The highest BCUT2D eigenvalue weighted by Crippen LogP contribution is 2.09. The number of hydrogen-bond donors (Lipinski definition) is 2. The van der Waals surface area contributed by atoms with Crippen molar-refractivity contribution in [2.24, 2.45) is 5.92 Å². The first-order chi connectivity index (χ1) is 11.7. The maximum absolute atomic E-state index is 11.9. The van der Waals surface area contributed by atoms with Crippen molar-refractivity contribution in [3.05, 3.63) is 35.9 Å². The lowest BCUT2D eigenvalue weighted by Gasteiger charge is -2.24. The van der Waals surface area contributed by atoms with Gasteiger partial charge < -0.3 is 20.1 Å². The smallest absolute Gasteiger partial charge is 0.407 e. The van der Waals surface area contributed by atoms with Gasteiger partial charge in [0.05, 0.1) is 0 Å². The molecule has 0 spiro atoms. The van der Waals surface area contributed by atoms with Crippen molar-refractivity contribution in [3.8, 4) is 0 Å². The molecule has 6 nitrogen and oxygen atoms in total. The Kier molecular flexibility index (Phi) is 8.25.